The molecule has 0 atom stereocenters. The number of thiophene rings is 1. The van der Waals surface area contributed by atoms with Crippen LogP contribution in [0, 0.1) is 5.92 Å². The van der Waals surface area contributed by atoms with E-state index in [1.54, 1.807) is 0 Å². The lowest BCUT2D eigenvalue weighted by Gasteiger charge is -2.30. The van der Waals surface area contributed by atoms with Crippen LogP contribution < -0.4 is 5.32 Å². The van der Waals surface area contributed by atoms with Gasteiger partial charge in [-0.3, -0.25) is 0 Å². The van der Waals surface area contributed by atoms with E-state index in [0.29, 0.717) is 5.38 Å². The van der Waals surface area contributed by atoms with E-state index in [-0.39, 0.29) is 0 Å². The van der Waals surface area contributed by atoms with Crippen molar-refractivity contribution in [2.75, 3.05) is 6.54 Å². The first-order valence-corrected chi connectivity index (χ1v) is 6.95. The Bertz CT molecular complexity index is 304. The maximum atomic E-state index is 5.94. The molecule has 3 heteroatoms. The molecule has 1 N–H and O–H groups in total. The summed E-state index contributed by atoms with van der Waals surface area (Å²) in [6.07, 6.45) is 3.54. The molecule has 2 rings (SSSR count). The molecule has 1 nitrogen and oxygen atoms in total. The monoisotopic (exact) mass is 243 g/mol. The standard InChI is InChI=1S/C12H18ClNS/c1-2-11-3-4-12(15-11)8-14-7-9-5-10(13)6-9/h3-4,9-10,14H,2,5-8H2,1H3. The van der Waals surface area contributed by atoms with E-state index in [4.69, 9.17) is 11.6 Å². The number of rotatable bonds is 5. The first kappa shape index (κ1) is 11.4. The Balaban J connectivity index is 1.65. The van der Waals surface area contributed by atoms with Gasteiger partial charge in [-0.2, -0.15) is 0 Å². The largest absolute Gasteiger partial charge is 0.312 e. The number of alkyl halides is 1. The van der Waals surface area contributed by atoms with Gasteiger partial charge in [-0.1, -0.05) is 6.92 Å². The predicted molar refractivity (Wildman–Crippen MR) is 67.8 cm³/mol. The zero-order valence-corrected chi connectivity index (χ0v) is 10.7. The van der Waals surface area contributed by atoms with Gasteiger partial charge in [-0.15, -0.1) is 22.9 Å². The number of hydrogen-bond acceptors (Lipinski definition) is 2. The van der Waals surface area contributed by atoms with Gasteiger partial charge in [0.05, 0.1) is 0 Å². The van der Waals surface area contributed by atoms with Crippen molar-refractivity contribution in [2.45, 2.75) is 38.1 Å². The Morgan fingerprint density at radius 3 is 2.73 bits per heavy atom. The molecule has 0 unspecified atom stereocenters. The van der Waals surface area contributed by atoms with Crippen molar-refractivity contribution in [1.82, 2.24) is 5.32 Å². The summed E-state index contributed by atoms with van der Waals surface area (Å²) in [5.41, 5.74) is 0. The molecule has 1 aliphatic carbocycles. The van der Waals surface area contributed by atoms with E-state index < -0.39 is 0 Å². The number of halogens is 1. The average Bonchev–Trinajstić information content (AvgIpc) is 2.63. The summed E-state index contributed by atoms with van der Waals surface area (Å²) in [5, 5.41) is 3.96. The summed E-state index contributed by atoms with van der Waals surface area (Å²) in [7, 11) is 0. The van der Waals surface area contributed by atoms with E-state index in [1.165, 1.54) is 22.6 Å². The van der Waals surface area contributed by atoms with Crippen molar-refractivity contribution in [3.8, 4) is 0 Å². The second kappa shape index (κ2) is 5.33. The smallest absolute Gasteiger partial charge is 0.0342 e. The fourth-order valence-corrected chi connectivity index (χ4v) is 3.36. The second-order valence-corrected chi connectivity index (χ2v) is 6.16. The van der Waals surface area contributed by atoms with Gasteiger partial charge < -0.3 is 5.32 Å². The SMILES string of the molecule is CCc1ccc(CNCC2CC(Cl)C2)s1. The van der Waals surface area contributed by atoms with Crippen LogP contribution in [0.4, 0.5) is 0 Å². The molecule has 15 heavy (non-hydrogen) atoms. The first-order chi connectivity index (χ1) is 7.28. The molecular weight excluding hydrogens is 226 g/mol. The topological polar surface area (TPSA) is 12.0 Å². The summed E-state index contributed by atoms with van der Waals surface area (Å²) in [4.78, 5) is 2.94. The van der Waals surface area contributed by atoms with Crippen LogP contribution in [-0.2, 0) is 13.0 Å². The molecule has 0 aliphatic heterocycles. The zero-order valence-electron chi connectivity index (χ0n) is 9.13. The first-order valence-electron chi connectivity index (χ1n) is 5.70. The zero-order chi connectivity index (χ0) is 10.7. The molecule has 84 valence electrons. The summed E-state index contributed by atoms with van der Waals surface area (Å²) in [6, 6.07) is 4.47. The average molecular weight is 244 g/mol. The molecule has 0 bridgehead atoms. The van der Waals surface area contributed by atoms with Crippen LogP contribution in [0.15, 0.2) is 12.1 Å². The van der Waals surface area contributed by atoms with Gasteiger partial charge in [0, 0.05) is 21.7 Å². The van der Waals surface area contributed by atoms with Crippen LogP contribution in [-0.4, -0.2) is 11.9 Å². The van der Waals surface area contributed by atoms with E-state index in [0.717, 1.165) is 25.4 Å². The Morgan fingerprint density at radius 1 is 1.40 bits per heavy atom. The highest BCUT2D eigenvalue weighted by Gasteiger charge is 2.26. The lowest BCUT2D eigenvalue weighted by molar-refractivity contribution is 0.308. The molecule has 0 aromatic carbocycles. The minimum Gasteiger partial charge on any atom is -0.312 e. The molecular formula is C12H18ClNS. The maximum absolute atomic E-state index is 5.94. The Kier molecular flexibility index (Phi) is 4.06. The third-order valence-corrected chi connectivity index (χ3v) is 4.56. The second-order valence-electron chi connectivity index (χ2n) is 4.29. The number of hydrogen-bond donors (Lipinski definition) is 1. The Labute approximate surface area is 101 Å². The van der Waals surface area contributed by atoms with Crippen LogP contribution in [0.5, 0.6) is 0 Å². The Hall–Kier alpha value is -0.0500. The molecule has 1 saturated carbocycles. The highest BCUT2D eigenvalue weighted by Crippen LogP contribution is 2.31. The van der Waals surface area contributed by atoms with Crippen molar-refractivity contribution in [2.24, 2.45) is 5.92 Å². The highest BCUT2D eigenvalue weighted by molar-refractivity contribution is 7.11. The summed E-state index contributed by atoms with van der Waals surface area (Å²) >= 11 is 7.86. The number of aryl methyl sites for hydroxylation is 1. The van der Waals surface area contributed by atoms with Crippen LogP contribution in [0.3, 0.4) is 0 Å². The minimum atomic E-state index is 0.449. The van der Waals surface area contributed by atoms with Crippen molar-refractivity contribution in [3.63, 3.8) is 0 Å². The van der Waals surface area contributed by atoms with E-state index in [9.17, 15) is 0 Å². The quantitative estimate of drug-likeness (QED) is 0.782. The van der Waals surface area contributed by atoms with Gasteiger partial charge in [0.15, 0.2) is 0 Å². The van der Waals surface area contributed by atoms with Crippen LogP contribution >= 0.6 is 22.9 Å². The van der Waals surface area contributed by atoms with Gasteiger partial charge in [0.2, 0.25) is 0 Å². The molecule has 0 radical (unpaired) electrons. The van der Waals surface area contributed by atoms with Crippen molar-refractivity contribution in [3.05, 3.63) is 21.9 Å². The van der Waals surface area contributed by atoms with E-state index in [1.807, 2.05) is 11.3 Å². The van der Waals surface area contributed by atoms with E-state index >= 15 is 0 Å². The lowest BCUT2D eigenvalue weighted by atomic mass is 9.85. The number of nitrogens with one attached hydrogen (secondary N) is 1. The molecule has 0 amide bonds. The maximum Gasteiger partial charge on any atom is 0.0342 e. The minimum absolute atomic E-state index is 0.449. The molecule has 0 saturated heterocycles. The van der Waals surface area contributed by atoms with Crippen molar-refractivity contribution >= 4 is 22.9 Å². The molecule has 1 fully saturated rings. The third kappa shape index (κ3) is 3.20. The van der Waals surface area contributed by atoms with Crippen LogP contribution in [0.1, 0.15) is 29.5 Å². The summed E-state index contributed by atoms with van der Waals surface area (Å²) < 4.78 is 0. The predicted octanol–water partition coefficient (Wildman–Crippen LogP) is 3.42. The van der Waals surface area contributed by atoms with Crippen molar-refractivity contribution < 1.29 is 0 Å². The summed E-state index contributed by atoms with van der Waals surface area (Å²) in [5.74, 6) is 0.818. The Morgan fingerprint density at radius 2 is 2.13 bits per heavy atom. The summed E-state index contributed by atoms with van der Waals surface area (Å²) in [6.45, 7) is 4.36. The van der Waals surface area contributed by atoms with E-state index in [2.05, 4.69) is 24.4 Å². The van der Waals surface area contributed by atoms with Crippen LogP contribution in [0.2, 0.25) is 0 Å². The van der Waals surface area contributed by atoms with Gasteiger partial charge >= 0.3 is 0 Å². The highest BCUT2D eigenvalue weighted by atomic mass is 35.5. The molecule has 1 heterocycles. The normalized spacial score (nSPS) is 25.2. The van der Waals surface area contributed by atoms with Gasteiger partial charge in [-0.05, 0) is 43.9 Å². The molecule has 1 aromatic rings. The molecule has 0 spiro atoms. The van der Waals surface area contributed by atoms with Gasteiger partial charge in [0.1, 0.15) is 0 Å². The molecule has 1 aromatic heterocycles. The van der Waals surface area contributed by atoms with Gasteiger partial charge in [0.25, 0.3) is 0 Å². The lowest BCUT2D eigenvalue weighted by Crippen LogP contribution is -2.33. The fraction of sp³-hybridized carbons (Fsp3) is 0.667. The van der Waals surface area contributed by atoms with Crippen molar-refractivity contribution in [1.29, 1.82) is 0 Å². The fourth-order valence-electron chi connectivity index (χ4n) is 1.93. The van der Waals surface area contributed by atoms with Crippen LogP contribution in [0.25, 0.3) is 0 Å². The third-order valence-electron chi connectivity index (χ3n) is 2.98. The molecule has 1 aliphatic rings. The van der Waals surface area contributed by atoms with Gasteiger partial charge in [-0.25, -0.2) is 0 Å².